The van der Waals surface area contributed by atoms with E-state index in [-0.39, 0.29) is 6.03 Å². The first-order valence-corrected chi connectivity index (χ1v) is 8.57. The van der Waals surface area contributed by atoms with Gasteiger partial charge in [-0.05, 0) is 37.0 Å². The van der Waals surface area contributed by atoms with Gasteiger partial charge in [0.25, 0.3) is 0 Å². The van der Waals surface area contributed by atoms with E-state index in [1.807, 2.05) is 18.2 Å². The molecular formula is C18H28N2O3. The second kappa shape index (κ2) is 9.28. The third-order valence-electron chi connectivity index (χ3n) is 4.08. The van der Waals surface area contributed by atoms with Crippen LogP contribution in [0.3, 0.4) is 0 Å². The Morgan fingerprint density at radius 3 is 2.70 bits per heavy atom. The Bertz CT molecular complexity index is 499. The van der Waals surface area contributed by atoms with Gasteiger partial charge in [-0.1, -0.05) is 32.3 Å². The number of benzene rings is 1. The molecule has 0 atom stereocenters. The van der Waals surface area contributed by atoms with Gasteiger partial charge in [-0.2, -0.15) is 0 Å². The van der Waals surface area contributed by atoms with Gasteiger partial charge in [0, 0.05) is 12.6 Å². The van der Waals surface area contributed by atoms with Crippen LogP contribution in [0.1, 0.15) is 51.0 Å². The van der Waals surface area contributed by atoms with E-state index in [0.717, 1.165) is 30.6 Å². The number of rotatable bonds is 7. The first-order valence-electron chi connectivity index (χ1n) is 8.57. The largest absolute Gasteiger partial charge is 0.493 e. The Morgan fingerprint density at radius 1 is 1.22 bits per heavy atom. The van der Waals surface area contributed by atoms with Crippen molar-refractivity contribution in [2.45, 2.75) is 58.0 Å². The van der Waals surface area contributed by atoms with Crippen LogP contribution in [0.5, 0.6) is 11.5 Å². The molecule has 128 valence electrons. The van der Waals surface area contributed by atoms with Crippen molar-refractivity contribution in [1.82, 2.24) is 10.6 Å². The van der Waals surface area contributed by atoms with Crippen molar-refractivity contribution in [3.8, 4) is 11.5 Å². The molecule has 0 unspecified atom stereocenters. The van der Waals surface area contributed by atoms with Crippen LogP contribution in [0.4, 0.5) is 4.79 Å². The number of ether oxygens (including phenoxy) is 2. The molecule has 1 aliphatic rings. The summed E-state index contributed by atoms with van der Waals surface area (Å²) in [5.41, 5.74) is 0.990. The molecule has 1 aliphatic carbocycles. The quantitative estimate of drug-likeness (QED) is 0.807. The summed E-state index contributed by atoms with van der Waals surface area (Å²) in [5.74, 6) is 1.44. The summed E-state index contributed by atoms with van der Waals surface area (Å²) >= 11 is 0. The minimum atomic E-state index is -0.0952. The number of carbonyl (C=O) groups is 1. The van der Waals surface area contributed by atoms with Crippen LogP contribution in [0, 0.1) is 0 Å². The Morgan fingerprint density at radius 2 is 2.00 bits per heavy atom. The third kappa shape index (κ3) is 5.66. The van der Waals surface area contributed by atoms with E-state index in [0.29, 0.717) is 24.9 Å². The molecule has 5 heteroatoms. The molecule has 1 aromatic carbocycles. The van der Waals surface area contributed by atoms with Crippen molar-refractivity contribution < 1.29 is 14.3 Å². The van der Waals surface area contributed by atoms with Crippen LogP contribution in [0.25, 0.3) is 0 Å². The molecule has 1 aromatic rings. The summed E-state index contributed by atoms with van der Waals surface area (Å²) < 4.78 is 11.0. The molecule has 0 aromatic heterocycles. The topological polar surface area (TPSA) is 59.6 Å². The molecule has 2 amide bonds. The van der Waals surface area contributed by atoms with E-state index in [1.165, 1.54) is 19.3 Å². The lowest BCUT2D eigenvalue weighted by atomic mass is 9.96. The highest BCUT2D eigenvalue weighted by molar-refractivity contribution is 5.74. The predicted molar refractivity (Wildman–Crippen MR) is 91.0 cm³/mol. The highest BCUT2D eigenvalue weighted by Gasteiger charge is 2.15. The summed E-state index contributed by atoms with van der Waals surface area (Å²) in [7, 11) is 1.63. The number of nitrogens with one attached hydrogen (secondary N) is 2. The number of methoxy groups -OCH3 is 1. The molecule has 0 spiro atoms. The lowest BCUT2D eigenvalue weighted by Crippen LogP contribution is -2.42. The minimum Gasteiger partial charge on any atom is -0.493 e. The van der Waals surface area contributed by atoms with Crippen LogP contribution in [0.2, 0.25) is 0 Å². The monoisotopic (exact) mass is 320 g/mol. The highest BCUT2D eigenvalue weighted by Crippen LogP contribution is 2.28. The van der Waals surface area contributed by atoms with E-state index >= 15 is 0 Å². The first kappa shape index (κ1) is 17.4. The van der Waals surface area contributed by atoms with E-state index in [2.05, 4.69) is 17.6 Å². The summed E-state index contributed by atoms with van der Waals surface area (Å²) in [5, 5.41) is 5.96. The van der Waals surface area contributed by atoms with Crippen LogP contribution in [0.15, 0.2) is 18.2 Å². The molecule has 5 nitrogen and oxygen atoms in total. The zero-order valence-corrected chi connectivity index (χ0v) is 14.2. The van der Waals surface area contributed by atoms with Crippen molar-refractivity contribution in [3.63, 3.8) is 0 Å². The van der Waals surface area contributed by atoms with Gasteiger partial charge in [-0.15, -0.1) is 0 Å². The summed E-state index contributed by atoms with van der Waals surface area (Å²) in [6.45, 7) is 3.20. The second-order valence-corrected chi connectivity index (χ2v) is 6.00. The molecular weight excluding hydrogens is 292 g/mol. The zero-order chi connectivity index (χ0) is 16.5. The fourth-order valence-corrected chi connectivity index (χ4v) is 2.82. The highest BCUT2D eigenvalue weighted by atomic mass is 16.5. The number of urea groups is 1. The first-order chi connectivity index (χ1) is 11.2. The van der Waals surface area contributed by atoms with Gasteiger partial charge in [-0.25, -0.2) is 4.79 Å². The number of hydrogen-bond acceptors (Lipinski definition) is 3. The average molecular weight is 320 g/mol. The Labute approximate surface area is 138 Å². The van der Waals surface area contributed by atoms with Gasteiger partial charge in [0.05, 0.1) is 13.7 Å². The lowest BCUT2D eigenvalue weighted by molar-refractivity contribution is 0.232. The van der Waals surface area contributed by atoms with Gasteiger partial charge >= 0.3 is 6.03 Å². The van der Waals surface area contributed by atoms with Crippen LogP contribution >= 0.6 is 0 Å². The Balaban J connectivity index is 1.83. The van der Waals surface area contributed by atoms with Crippen LogP contribution in [-0.2, 0) is 6.54 Å². The van der Waals surface area contributed by atoms with Gasteiger partial charge in [-0.3, -0.25) is 0 Å². The van der Waals surface area contributed by atoms with Gasteiger partial charge in [0.1, 0.15) is 0 Å². The van der Waals surface area contributed by atoms with Crippen LogP contribution in [-0.4, -0.2) is 25.8 Å². The van der Waals surface area contributed by atoms with Crippen molar-refractivity contribution >= 4 is 6.03 Å². The molecule has 0 heterocycles. The summed E-state index contributed by atoms with van der Waals surface area (Å²) in [6.07, 6.45) is 6.83. The zero-order valence-electron chi connectivity index (χ0n) is 14.2. The van der Waals surface area contributed by atoms with Gasteiger partial charge in [0.2, 0.25) is 0 Å². The summed E-state index contributed by atoms with van der Waals surface area (Å²) in [6, 6.07) is 5.98. The standard InChI is InChI=1S/C18H28N2O3/c1-3-11-23-16-10-9-14(12-17(16)22-2)13-19-18(21)20-15-7-5-4-6-8-15/h9-10,12,15H,3-8,11,13H2,1-2H3,(H2,19,20,21). The van der Waals surface area contributed by atoms with E-state index < -0.39 is 0 Å². The Kier molecular flexibility index (Phi) is 7.04. The smallest absolute Gasteiger partial charge is 0.315 e. The van der Waals surface area contributed by atoms with Crippen molar-refractivity contribution in [1.29, 1.82) is 0 Å². The molecule has 2 N–H and O–H groups in total. The van der Waals surface area contributed by atoms with Crippen LogP contribution < -0.4 is 20.1 Å². The normalized spacial score (nSPS) is 15.0. The van der Waals surface area contributed by atoms with E-state index in [9.17, 15) is 4.79 Å². The van der Waals surface area contributed by atoms with Gasteiger partial charge < -0.3 is 20.1 Å². The fourth-order valence-electron chi connectivity index (χ4n) is 2.82. The maximum absolute atomic E-state index is 12.0. The number of hydrogen-bond donors (Lipinski definition) is 2. The lowest BCUT2D eigenvalue weighted by Gasteiger charge is -2.22. The third-order valence-corrected chi connectivity index (χ3v) is 4.08. The maximum atomic E-state index is 12.0. The molecule has 23 heavy (non-hydrogen) atoms. The Hall–Kier alpha value is -1.91. The average Bonchev–Trinajstić information content (AvgIpc) is 2.59. The molecule has 0 bridgehead atoms. The molecule has 0 saturated heterocycles. The second-order valence-electron chi connectivity index (χ2n) is 6.00. The molecule has 0 radical (unpaired) electrons. The summed E-state index contributed by atoms with van der Waals surface area (Å²) in [4.78, 5) is 12.0. The van der Waals surface area contributed by atoms with Crippen molar-refractivity contribution in [2.24, 2.45) is 0 Å². The predicted octanol–water partition coefficient (Wildman–Crippen LogP) is 3.62. The molecule has 1 saturated carbocycles. The van der Waals surface area contributed by atoms with Gasteiger partial charge in [0.15, 0.2) is 11.5 Å². The van der Waals surface area contributed by atoms with E-state index in [1.54, 1.807) is 7.11 Å². The molecule has 2 rings (SSSR count). The van der Waals surface area contributed by atoms with E-state index in [4.69, 9.17) is 9.47 Å². The maximum Gasteiger partial charge on any atom is 0.315 e. The van der Waals surface area contributed by atoms with Crippen molar-refractivity contribution in [3.05, 3.63) is 23.8 Å². The number of carbonyl (C=O) groups excluding carboxylic acids is 1. The number of amides is 2. The molecule has 0 aliphatic heterocycles. The SMILES string of the molecule is CCCOc1ccc(CNC(=O)NC2CCCCC2)cc1OC. The van der Waals surface area contributed by atoms with Crippen molar-refractivity contribution in [2.75, 3.05) is 13.7 Å². The fraction of sp³-hybridized carbons (Fsp3) is 0.611. The molecule has 1 fully saturated rings. The minimum absolute atomic E-state index is 0.0952.